The average molecular weight is 538 g/mol. The average Bonchev–Trinajstić information content (AvgIpc) is 2.80. The van der Waals surface area contributed by atoms with Crippen molar-refractivity contribution in [3.63, 3.8) is 0 Å². The Bertz CT molecular complexity index is 796. The highest BCUT2D eigenvalue weighted by Crippen LogP contribution is 2.15. The fourth-order valence-corrected chi connectivity index (χ4v) is 3.53. The number of ether oxygens (including phenoxy) is 1. The topological polar surface area (TPSA) is 56.2 Å². The molecule has 1 fully saturated rings. The van der Waals surface area contributed by atoms with E-state index >= 15 is 0 Å². The van der Waals surface area contributed by atoms with Gasteiger partial charge in [0.15, 0.2) is 5.96 Å². The van der Waals surface area contributed by atoms with Crippen molar-refractivity contribution >= 4 is 35.8 Å². The molecule has 8 heteroatoms. The summed E-state index contributed by atoms with van der Waals surface area (Å²) in [7, 11) is 3.83. The van der Waals surface area contributed by atoms with E-state index in [1.165, 1.54) is 5.56 Å². The Morgan fingerprint density at radius 2 is 1.90 bits per heavy atom. The van der Waals surface area contributed by atoms with Crippen LogP contribution in [-0.4, -0.2) is 80.7 Å². The number of anilines is 1. The number of nitrogens with zero attached hydrogens (tertiary/aromatic N) is 5. The van der Waals surface area contributed by atoms with Gasteiger partial charge in [-0.2, -0.15) is 0 Å². The highest BCUT2D eigenvalue weighted by atomic mass is 127. The predicted molar refractivity (Wildman–Crippen MR) is 139 cm³/mol. The van der Waals surface area contributed by atoms with Crippen LogP contribution in [0.5, 0.6) is 5.75 Å². The van der Waals surface area contributed by atoms with E-state index < -0.39 is 0 Å². The number of aromatic nitrogens is 1. The molecule has 0 spiro atoms. The number of piperazine rings is 1. The van der Waals surface area contributed by atoms with E-state index in [1.807, 2.05) is 50.6 Å². The lowest BCUT2D eigenvalue weighted by atomic mass is 10.2. The largest absolute Gasteiger partial charge is 0.492 e. The fourth-order valence-electron chi connectivity index (χ4n) is 3.53. The summed E-state index contributed by atoms with van der Waals surface area (Å²) < 4.78 is 5.79. The summed E-state index contributed by atoms with van der Waals surface area (Å²) in [4.78, 5) is 15.9. The number of nitrogens with one attached hydrogen (secondary N) is 1. The lowest BCUT2D eigenvalue weighted by Crippen LogP contribution is -2.46. The molecule has 0 radical (unpaired) electrons. The van der Waals surface area contributed by atoms with Crippen molar-refractivity contribution in [1.29, 1.82) is 0 Å². The summed E-state index contributed by atoms with van der Waals surface area (Å²) in [6, 6.07) is 14.1. The van der Waals surface area contributed by atoms with Crippen LogP contribution in [0.25, 0.3) is 0 Å². The Morgan fingerprint density at radius 1 is 1.16 bits per heavy atom. The van der Waals surface area contributed by atoms with Crippen LogP contribution in [0.1, 0.15) is 12.5 Å². The molecule has 7 nitrogen and oxygen atoms in total. The molecule has 0 atom stereocenters. The molecular formula is C23H35IN6O. The monoisotopic (exact) mass is 538 g/mol. The Kier molecular flexibility index (Phi) is 10.9. The number of hydrogen-bond donors (Lipinski definition) is 1. The second kappa shape index (κ2) is 13.4. The molecule has 0 aliphatic carbocycles. The number of halogens is 1. The molecule has 1 aromatic carbocycles. The predicted octanol–water partition coefficient (Wildman–Crippen LogP) is 2.93. The quantitative estimate of drug-likeness (QED) is 0.317. The first-order chi connectivity index (χ1) is 14.7. The highest BCUT2D eigenvalue weighted by molar-refractivity contribution is 14.0. The maximum atomic E-state index is 5.79. The number of pyridine rings is 1. The third-order valence-electron chi connectivity index (χ3n) is 5.42. The minimum Gasteiger partial charge on any atom is -0.492 e. The first kappa shape index (κ1) is 25.2. The normalized spacial score (nSPS) is 14.7. The summed E-state index contributed by atoms with van der Waals surface area (Å²) in [5.41, 5.74) is 1.20. The van der Waals surface area contributed by atoms with Crippen molar-refractivity contribution in [2.75, 3.05) is 64.9 Å². The molecule has 0 unspecified atom stereocenters. The molecule has 0 amide bonds. The molecular weight excluding hydrogens is 503 g/mol. The summed E-state index contributed by atoms with van der Waals surface area (Å²) in [5.74, 6) is 2.80. The Labute approximate surface area is 203 Å². The van der Waals surface area contributed by atoms with Gasteiger partial charge in [-0.3, -0.25) is 4.99 Å². The van der Waals surface area contributed by atoms with Crippen LogP contribution in [0.3, 0.4) is 0 Å². The summed E-state index contributed by atoms with van der Waals surface area (Å²) in [6.45, 7) is 9.66. The van der Waals surface area contributed by atoms with Crippen LogP contribution in [0.15, 0.2) is 53.7 Å². The minimum atomic E-state index is 0. The SMILES string of the molecule is CCN1CCN(c2cc(CNC(=NC)N(C)CCOc3ccccc3)ccn2)CC1.I. The van der Waals surface area contributed by atoms with Crippen molar-refractivity contribution in [1.82, 2.24) is 20.1 Å². The van der Waals surface area contributed by atoms with Gasteiger partial charge in [0.2, 0.25) is 0 Å². The Morgan fingerprint density at radius 3 is 2.58 bits per heavy atom. The number of rotatable bonds is 8. The van der Waals surface area contributed by atoms with Crippen LogP contribution >= 0.6 is 24.0 Å². The maximum Gasteiger partial charge on any atom is 0.193 e. The molecule has 1 N–H and O–H groups in total. The second-order valence-corrected chi connectivity index (χ2v) is 7.43. The van der Waals surface area contributed by atoms with Gasteiger partial charge in [0.25, 0.3) is 0 Å². The molecule has 31 heavy (non-hydrogen) atoms. The molecule has 1 aromatic heterocycles. The summed E-state index contributed by atoms with van der Waals surface area (Å²) in [6.07, 6.45) is 1.90. The van der Waals surface area contributed by atoms with Gasteiger partial charge in [0.1, 0.15) is 18.2 Å². The van der Waals surface area contributed by atoms with Crippen LogP contribution in [0, 0.1) is 0 Å². The van der Waals surface area contributed by atoms with Crippen molar-refractivity contribution in [3.8, 4) is 5.75 Å². The van der Waals surface area contributed by atoms with E-state index in [1.54, 1.807) is 0 Å². The molecule has 170 valence electrons. The van der Waals surface area contributed by atoms with E-state index in [0.717, 1.165) is 56.8 Å². The zero-order chi connectivity index (χ0) is 21.2. The Hall–Kier alpha value is -2.07. The molecule has 2 aromatic rings. The number of benzene rings is 1. The third-order valence-corrected chi connectivity index (χ3v) is 5.42. The van der Waals surface area contributed by atoms with Crippen LogP contribution in [0.4, 0.5) is 5.82 Å². The number of para-hydroxylation sites is 1. The lowest BCUT2D eigenvalue weighted by molar-refractivity contribution is 0.270. The van der Waals surface area contributed by atoms with Crippen LogP contribution in [0.2, 0.25) is 0 Å². The van der Waals surface area contributed by atoms with E-state index in [2.05, 4.69) is 49.0 Å². The van der Waals surface area contributed by atoms with Crippen molar-refractivity contribution in [2.45, 2.75) is 13.5 Å². The number of aliphatic imine (C=N–C) groups is 1. The fraction of sp³-hybridized carbons (Fsp3) is 0.478. The first-order valence-corrected chi connectivity index (χ1v) is 10.7. The van der Waals surface area contributed by atoms with E-state index in [4.69, 9.17) is 4.74 Å². The van der Waals surface area contributed by atoms with E-state index in [9.17, 15) is 0 Å². The Balaban J connectivity index is 0.00000341. The van der Waals surface area contributed by atoms with Gasteiger partial charge in [0.05, 0.1) is 6.54 Å². The van der Waals surface area contributed by atoms with Crippen molar-refractivity contribution in [2.24, 2.45) is 4.99 Å². The zero-order valence-electron chi connectivity index (χ0n) is 18.8. The van der Waals surface area contributed by atoms with Crippen LogP contribution < -0.4 is 15.0 Å². The van der Waals surface area contributed by atoms with Gasteiger partial charge >= 0.3 is 0 Å². The molecule has 0 saturated carbocycles. The minimum absolute atomic E-state index is 0. The van der Waals surface area contributed by atoms with Crippen molar-refractivity contribution < 1.29 is 4.74 Å². The first-order valence-electron chi connectivity index (χ1n) is 10.7. The van der Waals surface area contributed by atoms with Gasteiger partial charge in [-0.1, -0.05) is 25.1 Å². The van der Waals surface area contributed by atoms with E-state index in [-0.39, 0.29) is 24.0 Å². The van der Waals surface area contributed by atoms with Gasteiger partial charge in [-0.25, -0.2) is 4.98 Å². The number of guanidine groups is 1. The molecule has 3 rings (SSSR count). The second-order valence-electron chi connectivity index (χ2n) is 7.43. The third kappa shape index (κ3) is 7.84. The standard InChI is InChI=1S/C23H34N6O.HI/c1-4-28-12-14-29(15-13-28)22-18-20(10-11-25-22)19-26-23(24-2)27(3)16-17-30-21-8-6-5-7-9-21;/h5-11,18H,4,12-17,19H2,1-3H3,(H,24,26);1H. The molecule has 1 aliphatic heterocycles. The molecule has 1 aliphatic rings. The summed E-state index contributed by atoms with van der Waals surface area (Å²) >= 11 is 0. The van der Waals surface area contributed by atoms with E-state index in [0.29, 0.717) is 13.2 Å². The number of hydrogen-bond acceptors (Lipinski definition) is 5. The lowest BCUT2D eigenvalue weighted by Gasteiger charge is -2.34. The number of likely N-dealkylation sites (N-methyl/N-ethyl adjacent to an activating group) is 2. The molecule has 0 bridgehead atoms. The maximum absolute atomic E-state index is 5.79. The summed E-state index contributed by atoms with van der Waals surface area (Å²) in [5, 5.41) is 3.45. The zero-order valence-corrected chi connectivity index (χ0v) is 21.2. The van der Waals surface area contributed by atoms with Gasteiger partial charge in [0, 0.05) is 53.0 Å². The smallest absolute Gasteiger partial charge is 0.193 e. The highest BCUT2D eigenvalue weighted by Gasteiger charge is 2.17. The van der Waals surface area contributed by atoms with Crippen LogP contribution in [-0.2, 0) is 6.54 Å². The molecule has 1 saturated heterocycles. The molecule has 2 heterocycles. The van der Waals surface area contributed by atoms with Gasteiger partial charge in [-0.05, 0) is 36.4 Å². The van der Waals surface area contributed by atoms with Crippen molar-refractivity contribution in [3.05, 3.63) is 54.2 Å². The van der Waals surface area contributed by atoms with Gasteiger partial charge in [-0.15, -0.1) is 24.0 Å². The van der Waals surface area contributed by atoms with Gasteiger partial charge < -0.3 is 24.8 Å².